The molecule has 0 fully saturated rings. The summed E-state index contributed by atoms with van der Waals surface area (Å²) in [6.07, 6.45) is 2.51. The highest BCUT2D eigenvalue weighted by Crippen LogP contribution is 2.13. The summed E-state index contributed by atoms with van der Waals surface area (Å²) in [5.74, 6) is 0.139. The van der Waals surface area contributed by atoms with E-state index < -0.39 is 0 Å². The minimum absolute atomic E-state index is 0.107. The molecule has 0 amide bonds. The third-order valence-electron chi connectivity index (χ3n) is 3.85. The summed E-state index contributed by atoms with van der Waals surface area (Å²) in [7, 11) is 0. The molecule has 0 bridgehead atoms. The van der Waals surface area contributed by atoms with Crippen molar-refractivity contribution in [2.75, 3.05) is 0 Å². The molecule has 0 saturated heterocycles. The third kappa shape index (κ3) is 3.51. The van der Waals surface area contributed by atoms with Crippen LogP contribution in [-0.4, -0.2) is 15.5 Å². The molecule has 5 heteroatoms. The molecule has 24 heavy (non-hydrogen) atoms. The molecule has 3 rings (SSSR count). The highest BCUT2D eigenvalue weighted by molar-refractivity contribution is 5.77. The normalized spacial score (nSPS) is 10.7. The first-order chi connectivity index (χ1) is 11.7. The Labute approximate surface area is 139 Å². The van der Waals surface area contributed by atoms with Gasteiger partial charge in [-0.15, -0.1) is 0 Å². The monoisotopic (exact) mass is 322 g/mol. The first-order valence-electron chi connectivity index (χ1n) is 7.91. The number of carbonyl (C=O) groups is 1. The molecular weight excluding hydrogens is 304 g/mol. The molecule has 2 aromatic carbocycles. The van der Waals surface area contributed by atoms with E-state index in [1.807, 2.05) is 18.2 Å². The first-order valence-corrected chi connectivity index (χ1v) is 7.91. The second-order valence-corrected chi connectivity index (χ2v) is 5.48. The Bertz CT molecular complexity index is 914. The zero-order valence-electron chi connectivity index (χ0n) is 13.4. The minimum Gasteiger partial charge on any atom is -0.426 e. The minimum atomic E-state index is -0.376. The van der Waals surface area contributed by atoms with Gasteiger partial charge in [0.05, 0.1) is 23.7 Å². The number of benzene rings is 2. The highest BCUT2D eigenvalue weighted by atomic mass is 16.5. The predicted molar refractivity (Wildman–Crippen MR) is 92.1 cm³/mol. The predicted octanol–water partition coefficient (Wildman–Crippen LogP) is 2.95. The maximum atomic E-state index is 12.3. The van der Waals surface area contributed by atoms with Crippen LogP contribution in [0.1, 0.15) is 18.9 Å². The quantitative estimate of drug-likeness (QED) is 0.535. The molecule has 0 radical (unpaired) electrons. The first kappa shape index (κ1) is 15.9. The van der Waals surface area contributed by atoms with E-state index in [0.29, 0.717) is 16.7 Å². The summed E-state index contributed by atoms with van der Waals surface area (Å²) < 4.78 is 6.72. The van der Waals surface area contributed by atoms with Crippen LogP contribution in [0, 0.1) is 0 Å². The van der Waals surface area contributed by atoms with E-state index in [0.717, 1.165) is 6.42 Å². The number of para-hydroxylation sites is 1. The zero-order chi connectivity index (χ0) is 16.9. The van der Waals surface area contributed by atoms with Crippen LogP contribution < -0.4 is 10.3 Å². The number of fused-ring (bicyclic) bond motifs is 1. The Hall–Kier alpha value is -2.95. The molecule has 3 aromatic rings. The van der Waals surface area contributed by atoms with Crippen molar-refractivity contribution in [3.8, 4) is 5.75 Å². The van der Waals surface area contributed by atoms with Gasteiger partial charge in [-0.3, -0.25) is 14.2 Å². The smallest absolute Gasteiger partial charge is 0.312 e. The van der Waals surface area contributed by atoms with Crippen LogP contribution in [0.5, 0.6) is 5.75 Å². The lowest BCUT2D eigenvalue weighted by Crippen LogP contribution is -2.23. The van der Waals surface area contributed by atoms with Crippen LogP contribution in [0.2, 0.25) is 0 Å². The molecule has 0 unspecified atom stereocenters. The van der Waals surface area contributed by atoms with Crippen molar-refractivity contribution in [3.05, 3.63) is 70.8 Å². The van der Waals surface area contributed by atoms with Crippen molar-refractivity contribution in [2.24, 2.45) is 0 Å². The molecule has 0 N–H and O–H groups in total. The largest absolute Gasteiger partial charge is 0.426 e. The number of carbonyl (C=O) groups excluding carboxylic acids is 1. The van der Waals surface area contributed by atoms with Gasteiger partial charge in [0.2, 0.25) is 0 Å². The van der Waals surface area contributed by atoms with Gasteiger partial charge in [-0.2, -0.15) is 0 Å². The van der Waals surface area contributed by atoms with Gasteiger partial charge in [0.1, 0.15) is 5.75 Å². The second kappa shape index (κ2) is 7.08. The van der Waals surface area contributed by atoms with Gasteiger partial charge in [0.15, 0.2) is 0 Å². The average molecular weight is 322 g/mol. The maximum Gasteiger partial charge on any atom is 0.312 e. The van der Waals surface area contributed by atoms with Crippen LogP contribution in [0.15, 0.2) is 59.7 Å². The molecule has 0 atom stereocenters. The van der Waals surface area contributed by atoms with Crippen LogP contribution in [0.4, 0.5) is 0 Å². The number of aryl methyl sites for hydroxylation is 2. The number of aromatic nitrogens is 2. The molecule has 1 aromatic heterocycles. The summed E-state index contributed by atoms with van der Waals surface area (Å²) >= 11 is 0. The molecule has 5 nitrogen and oxygen atoms in total. The van der Waals surface area contributed by atoms with Crippen molar-refractivity contribution in [1.82, 2.24) is 9.55 Å². The van der Waals surface area contributed by atoms with E-state index in [2.05, 4.69) is 11.9 Å². The standard InChI is InChI=1S/C19H18N2O3/c1-2-14-7-9-15(10-8-14)24-18(22)11-12-21-13-20-17-6-4-3-5-16(17)19(21)23/h3-10,13H,2,11-12H2,1H3. The van der Waals surface area contributed by atoms with Gasteiger partial charge in [-0.25, -0.2) is 4.98 Å². The Morgan fingerprint density at radius 3 is 2.62 bits per heavy atom. The SMILES string of the molecule is CCc1ccc(OC(=O)CCn2cnc3ccccc3c2=O)cc1. The highest BCUT2D eigenvalue weighted by Gasteiger charge is 2.08. The number of ether oxygens (including phenoxy) is 1. The van der Waals surface area contributed by atoms with Gasteiger partial charge >= 0.3 is 5.97 Å². The van der Waals surface area contributed by atoms with E-state index in [9.17, 15) is 9.59 Å². The lowest BCUT2D eigenvalue weighted by Gasteiger charge is -2.07. The number of hydrogen-bond acceptors (Lipinski definition) is 4. The van der Waals surface area contributed by atoms with E-state index >= 15 is 0 Å². The Morgan fingerprint density at radius 1 is 1.12 bits per heavy atom. The summed E-state index contributed by atoms with van der Waals surface area (Å²) in [4.78, 5) is 28.5. The molecular formula is C19H18N2O3. The number of esters is 1. The summed E-state index contributed by atoms with van der Waals surface area (Å²) in [5.41, 5.74) is 1.68. The van der Waals surface area contributed by atoms with Crippen LogP contribution in [0.3, 0.4) is 0 Å². The van der Waals surface area contributed by atoms with Gasteiger partial charge < -0.3 is 4.74 Å². The van der Waals surface area contributed by atoms with Crippen molar-refractivity contribution in [2.45, 2.75) is 26.3 Å². The number of nitrogens with zero attached hydrogens (tertiary/aromatic N) is 2. The van der Waals surface area contributed by atoms with E-state index in [4.69, 9.17) is 4.74 Å². The van der Waals surface area contributed by atoms with Crippen LogP contribution >= 0.6 is 0 Å². The third-order valence-corrected chi connectivity index (χ3v) is 3.85. The molecule has 0 aliphatic carbocycles. The Balaban J connectivity index is 1.65. The van der Waals surface area contributed by atoms with Crippen molar-refractivity contribution in [3.63, 3.8) is 0 Å². The van der Waals surface area contributed by atoms with Crippen LogP contribution in [0.25, 0.3) is 10.9 Å². The Kier molecular flexibility index (Phi) is 4.70. The van der Waals surface area contributed by atoms with E-state index in [1.54, 1.807) is 30.3 Å². The van der Waals surface area contributed by atoms with Gasteiger partial charge in [0.25, 0.3) is 5.56 Å². The lowest BCUT2D eigenvalue weighted by molar-refractivity contribution is -0.134. The molecule has 0 spiro atoms. The molecule has 0 aliphatic rings. The maximum absolute atomic E-state index is 12.3. The van der Waals surface area contributed by atoms with E-state index in [1.165, 1.54) is 16.5 Å². The van der Waals surface area contributed by atoms with Gasteiger partial charge in [-0.05, 0) is 36.2 Å². The fraction of sp³-hybridized carbons (Fsp3) is 0.211. The van der Waals surface area contributed by atoms with Crippen molar-refractivity contribution >= 4 is 16.9 Å². The van der Waals surface area contributed by atoms with Gasteiger partial charge in [-0.1, -0.05) is 31.2 Å². The van der Waals surface area contributed by atoms with Gasteiger partial charge in [0, 0.05) is 6.54 Å². The van der Waals surface area contributed by atoms with Crippen LogP contribution in [-0.2, 0) is 17.8 Å². The molecule has 122 valence electrons. The topological polar surface area (TPSA) is 61.2 Å². The Morgan fingerprint density at radius 2 is 1.88 bits per heavy atom. The second-order valence-electron chi connectivity index (χ2n) is 5.48. The lowest BCUT2D eigenvalue weighted by atomic mass is 10.2. The summed E-state index contributed by atoms with van der Waals surface area (Å²) in [6.45, 7) is 2.30. The van der Waals surface area contributed by atoms with Crippen molar-refractivity contribution < 1.29 is 9.53 Å². The zero-order valence-corrected chi connectivity index (χ0v) is 13.4. The fourth-order valence-electron chi connectivity index (χ4n) is 2.45. The molecule has 0 aliphatic heterocycles. The fourth-order valence-corrected chi connectivity index (χ4v) is 2.45. The molecule has 1 heterocycles. The average Bonchev–Trinajstić information content (AvgIpc) is 2.62. The number of rotatable bonds is 5. The number of hydrogen-bond donors (Lipinski definition) is 0. The van der Waals surface area contributed by atoms with E-state index in [-0.39, 0.29) is 24.5 Å². The summed E-state index contributed by atoms with van der Waals surface area (Å²) in [6, 6.07) is 14.6. The van der Waals surface area contributed by atoms with Crippen molar-refractivity contribution in [1.29, 1.82) is 0 Å². The molecule has 0 saturated carbocycles. The summed E-state index contributed by atoms with van der Waals surface area (Å²) in [5, 5.41) is 0.545.